The van der Waals surface area contributed by atoms with Crippen molar-refractivity contribution in [3.8, 4) is 0 Å². The van der Waals surface area contributed by atoms with E-state index in [4.69, 9.17) is 0 Å². The monoisotopic (exact) mass is 223 g/mol. The highest BCUT2D eigenvalue weighted by molar-refractivity contribution is 5.43. The van der Waals surface area contributed by atoms with Crippen molar-refractivity contribution in [1.82, 2.24) is 4.40 Å². The van der Waals surface area contributed by atoms with E-state index in [1.807, 2.05) is 0 Å². The van der Waals surface area contributed by atoms with Crippen LogP contribution in [0.1, 0.15) is 11.3 Å². The van der Waals surface area contributed by atoms with Gasteiger partial charge in [0.1, 0.15) is 18.4 Å². The van der Waals surface area contributed by atoms with E-state index in [9.17, 15) is 0 Å². The zero-order valence-electron chi connectivity index (χ0n) is 9.88. The van der Waals surface area contributed by atoms with Gasteiger partial charge in [-0.2, -0.15) is 4.40 Å². The topological polar surface area (TPSA) is 8.29 Å². The van der Waals surface area contributed by atoms with Crippen LogP contribution < -0.4 is 4.57 Å². The summed E-state index contributed by atoms with van der Waals surface area (Å²) >= 11 is 0. The molecule has 0 bridgehead atoms. The highest BCUT2D eigenvalue weighted by atomic mass is 15.1. The third-order valence-corrected chi connectivity index (χ3v) is 3.03. The molecule has 17 heavy (non-hydrogen) atoms. The number of pyridine rings is 1. The van der Waals surface area contributed by atoms with Crippen molar-refractivity contribution < 1.29 is 4.57 Å². The number of rotatable bonds is 2. The number of nitrogens with zero attached hydrogens (tertiary/aromatic N) is 2. The molecule has 0 spiro atoms. The molecule has 2 aromatic heterocycles. The third kappa shape index (κ3) is 1.94. The van der Waals surface area contributed by atoms with Gasteiger partial charge in [-0.25, -0.2) is 4.57 Å². The van der Waals surface area contributed by atoms with Crippen LogP contribution in [0.15, 0.2) is 61.1 Å². The summed E-state index contributed by atoms with van der Waals surface area (Å²) in [6.45, 7) is 3.04. The fraction of sp³-hybridized carbons (Fsp3) is 0.133. The Hall–Kier alpha value is -2.09. The van der Waals surface area contributed by atoms with Crippen LogP contribution in [0.25, 0.3) is 5.52 Å². The molecule has 0 saturated carbocycles. The Balaban J connectivity index is 1.99. The van der Waals surface area contributed by atoms with Gasteiger partial charge in [-0.05, 0) is 24.6 Å². The molecule has 0 aliphatic rings. The van der Waals surface area contributed by atoms with Crippen LogP contribution in [0.4, 0.5) is 0 Å². The number of aryl methyl sites for hydroxylation is 1. The van der Waals surface area contributed by atoms with Crippen molar-refractivity contribution in [1.29, 1.82) is 0 Å². The van der Waals surface area contributed by atoms with Gasteiger partial charge in [-0.3, -0.25) is 0 Å². The molecule has 0 radical (unpaired) electrons. The molecule has 0 saturated heterocycles. The number of hydrogen-bond donors (Lipinski definition) is 0. The maximum Gasteiger partial charge on any atom is 0.249 e. The summed E-state index contributed by atoms with van der Waals surface area (Å²) in [6.07, 6.45) is 4.33. The Kier molecular flexibility index (Phi) is 2.41. The Bertz CT molecular complexity index is 638. The van der Waals surface area contributed by atoms with Gasteiger partial charge in [0.2, 0.25) is 6.33 Å². The van der Waals surface area contributed by atoms with Crippen LogP contribution in [0.3, 0.4) is 0 Å². The lowest BCUT2D eigenvalue weighted by Crippen LogP contribution is -2.31. The van der Waals surface area contributed by atoms with Gasteiger partial charge in [0.15, 0.2) is 5.52 Å². The van der Waals surface area contributed by atoms with Crippen molar-refractivity contribution >= 4 is 5.52 Å². The van der Waals surface area contributed by atoms with E-state index in [-0.39, 0.29) is 0 Å². The average molecular weight is 223 g/mol. The van der Waals surface area contributed by atoms with E-state index in [2.05, 4.69) is 76.9 Å². The van der Waals surface area contributed by atoms with Crippen LogP contribution >= 0.6 is 0 Å². The van der Waals surface area contributed by atoms with Crippen molar-refractivity contribution in [2.45, 2.75) is 13.5 Å². The van der Waals surface area contributed by atoms with Crippen molar-refractivity contribution in [2.75, 3.05) is 0 Å². The summed E-state index contributed by atoms with van der Waals surface area (Å²) in [5.41, 5.74) is 3.82. The molecule has 2 nitrogen and oxygen atoms in total. The molecule has 84 valence electrons. The summed E-state index contributed by atoms with van der Waals surface area (Å²) < 4.78 is 4.43. The maximum absolute atomic E-state index is 2.22. The molecule has 0 unspecified atom stereocenters. The molecule has 0 aliphatic heterocycles. The maximum atomic E-state index is 2.22. The molecule has 0 aliphatic carbocycles. The van der Waals surface area contributed by atoms with Gasteiger partial charge in [0.25, 0.3) is 0 Å². The zero-order valence-corrected chi connectivity index (χ0v) is 9.88. The summed E-state index contributed by atoms with van der Waals surface area (Å²) in [6, 6.07) is 16.9. The molecule has 3 aromatic rings. The lowest BCUT2D eigenvalue weighted by molar-refractivity contribution is -0.686. The molecule has 0 atom stereocenters. The lowest BCUT2D eigenvalue weighted by atomic mass is 10.2. The van der Waals surface area contributed by atoms with Crippen molar-refractivity contribution in [2.24, 2.45) is 0 Å². The van der Waals surface area contributed by atoms with E-state index in [1.165, 1.54) is 16.8 Å². The van der Waals surface area contributed by atoms with E-state index in [0.29, 0.717) is 0 Å². The second-order valence-corrected chi connectivity index (χ2v) is 4.36. The highest BCUT2D eigenvalue weighted by Gasteiger charge is 2.08. The van der Waals surface area contributed by atoms with Crippen molar-refractivity contribution in [3.63, 3.8) is 0 Å². The Morgan fingerprint density at radius 3 is 2.59 bits per heavy atom. The van der Waals surface area contributed by atoms with Gasteiger partial charge in [-0.1, -0.05) is 36.4 Å². The zero-order chi connectivity index (χ0) is 11.7. The summed E-state index contributed by atoms with van der Waals surface area (Å²) in [4.78, 5) is 0. The number of fused-ring (bicyclic) bond motifs is 1. The fourth-order valence-corrected chi connectivity index (χ4v) is 2.15. The van der Waals surface area contributed by atoms with E-state index < -0.39 is 0 Å². The average Bonchev–Trinajstić information content (AvgIpc) is 2.74. The molecular weight excluding hydrogens is 208 g/mol. The number of hydrogen-bond acceptors (Lipinski definition) is 0. The second-order valence-electron chi connectivity index (χ2n) is 4.36. The van der Waals surface area contributed by atoms with Crippen molar-refractivity contribution in [3.05, 3.63) is 72.3 Å². The van der Waals surface area contributed by atoms with Crippen LogP contribution in [0.5, 0.6) is 0 Å². The minimum absolute atomic E-state index is 0.919. The first kappa shape index (κ1) is 10.1. The summed E-state index contributed by atoms with van der Waals surface area (Å²) in [5, 5.41) is 0. The molecule has 0 fully saturated rings. The quantitative estimate of drug-likeness (QED) is 0.590. The first-order valence-corrected chi connectivity index (χ1v) is 5.83. The predicted octanol–water partition coefficient (Wildman–Crippen LogP) is 2.58. The number of imidazole rings is 1. The van der Waals surface area contributed by atoms with E-state index >= 15 is 0 Å². The van der Waals surface area contributed by atoms with E-state index in [1.54, 1.807) is 0 Å². The first-order chi connectivity index (χ1) is 8.33. The Morgan fingerprint density at radius 2 is 1.82 bits per heavy atom. The molecular formula is C15H15N2+. The molecule has 2 heteroatoms. The molecule has 0 N–H and O–H groups in total. The molecule has 3 rings (SSSR count). The Morgan fingerprint density at radius 1 is 1.00 bits per heavy atom. The normalized spacial score (nSPS) is 10.9. The standard InChI is InChI=1S/C15H15N2/c1-13-6-5-9-15-11-16(12-17(13)15)10-14-7-3-2-4-8-14/h2-9,11-12H,10H2,1H3/q+1. The smallest absolute Gasteiger partial charge is 0.232 e. The minimum Gasteiger partial charge on any atom is -0.232 e. The largest absolute Gasteiger partial charge is 0.249 e. The van der Waals surface area contributed by atoms with Gasteiger partial charge >= 0.3 is 0 Å². The van der Waals surface area contributed by atoms with Gasteiger partial charge in [0.05, 0.1) is 0 Å². The number of aromatic nitrogens is 2. The first-order valence-electron chi connectivity index (χ1n) is 5.83. The van der Waals surface area contributed by atoms with E-state index in [0.717, 1.165) is 6.54 Å². The minimum atomic E-state index is 0.919. The SMILES string of the molecule is Cc1cccc2c[n+](Cc3ccccc3)cn12. The molecule has 1 aromatic carbocycles. The van der Waals surface area contributed by atoms with Gasteiger partial charge in [-0.15, -0.1) is 0 Å². The lowest BCUT2D eigenvalue weighted by Gasteiger charge is -1.95. The summed E-state index contributed by atoms with van der Waals surface area (Å²) in [7, 11) is 0. The predicted molar refractivity (Wildman–Crippen MR) is 67.9 cm³/mol. The fourth-order valence-electron chi connectivity index (χ4n) is 2.15. The van der Waals surface area contributed by atoms with Crippen LogP contribution in [0, 0.1) is 6.92 Å². The van der Waals surface area contributed by atoms with Crippen LogP contribution in [-0.4, -0.2) is 4.40 Å². The Labute approximate surface area is 101 Å². The van der Waals surface area contributed by atoms with Crippen LogP contribution in [0.2, 0.25) is 0 Å². The van der Waals surface area contributed by atoms with Crippen LogP contribution in [-0.2, 0) is 6.54 Å². The van der Waals surface area contributed by atoms with Gasteiger partial charge in [0, 0.05) is 0 Å². The molecule has 2 heterocycles. The molecule has 0 amide bonds. The van der Waals surface area contributed by atoms with Gasteiger partial charge < -0.3 is 0 Å². The highest BCUT2D eigenvalue weighted by Crippen LogP contribution is 2.05. The third-order valence-electron chi connectivity index (χ3n) is 3.03. The number of benzene rings is 1. The second kappa shape index (κ2) is 4.06. The summed E-state index contributed by atoms with van der Waals surface area (Å²) in [5.74, 6) is 0.